The lowest BCUT2D eigenvalue weighted by molar-refractivity contribution is -0.217. The Bertz CT molecular complexity index is 920. The quantitative estimate of drug-likeness (QED) is 0.503. The summed E-state index contributed by atoms with van der Waals surface area (Å²) < 4.78 is 36.8. The summed E-state index contributed by atoms with van der Waals surface area (Å²) in [6.07, 6.45) is 0.230. The SMILES string of the molecule is CC1(C)OC(=O)C2=C(C[C@@H](CCOCc3ccccc3)O[C@H]2c2ccc(F)cc2)O1. The van der Waals surface area contributed by atoms with Crippen LogP contribution in [-0.2, 0) is 30.3 Å². The molecular formula is C24H25FO5. The molecular weight excluding hydrogens is 387 g/mol. The van der Waals surface area contributed by atoms with Crippen molar-refractivity contribution in [1.82, 2.24) is 0 Å². The molecule has 0 N–H and O–H groups in total. The molecule has 0 spiro atoms. The van der Waals surface area contributed by atoms with Crippen LogP contribution in [0.4, 0.5) is 4.39 Å². The molecule has 0 saturated carbocycles. The Morgan fingerprint density at radius 1 is 1.07 bits per heavy atom. The molecule has 0 unspecified atom stereocenters. The molecule has 0 aliphatic carbocycles. The summed E-state index contributed by atoms with van der Waals surface area (Å²) in [7, 11) is 0. The van der Waals surface area contributed by atoms with Crippen LogP contribution in [0.2, 0.25) is 0 Å². The van der Waals surface area contributed by atoms with Crippen molar-refractivity contribution in [1.29, 1.82) is 0 Å². The van der Waals surface area contributed by atoms with Gasteiger partial charge in [0.15, 0.2) is 0 Å². The number of hydrogen-bond acceptors (Lipinski definition) is 5. The van der Waals surface area contributed by atoms with E-state index >= 15 is 0 Å². The van der Waals surface area contributed by atoms with Gasteiger partial charge in [-0.15, -0.1) is 0 Å². The predicted octanol–water partition coefficient (Wildman–Crippen LogP) is 4.83. The molecule has 2 aliphatic heterocycles. The predicted molar refractivity (Wildman–Crippen MR) is 108 cm³/mol. The summed E-state index contributed by atoms with van der Waals surface area (Å²) in [5, 5.41) is 0. The summed E-state index contributed by atoms with van der Waals surface area (Å²) in [6, 6.07) is 15.9. The second kappa shape index (κ2) is 8.58. The summed E-state index contributed by atoms with van der Waals surface area (Å²) >= 11 is 0. The summed E-state index contributed by atoms with van der Waals surface area (Å²) in [5.74, 6) is -1.27. The normalized spacial score (nSPS) is 22.8. The van der Waals surface area contributed by atoms with Crippen LogP contribution < -0.4 is 0 Å². The summed E-state index contributed by atoms with van der Waals surface area (Å²) in [6.45, 7) is 4.44. The van der Waals surface area contributed by atoms with Gasteiger partial charge in [-0.3, -0.25) is 0 Å². The largest absolute Gasteiger partial charge is 0.456 e. The fourth-order valence-electron chi connectivity index (χ4n) is 3.72. The third-order valence-corrected chi connectivity index (χ3v) is 5.10. The molecule has 6 heteroatoms. The van der Waals surface area contributed by atoms with Gasteiger partial charge in [0.25, 0.3) is 0 Å². The zero-order valence-electron chi connectivity index (χ0n) is 17.1. The van der Waals surface area contributed by atoms with E-state index in [0.29, 0.717) is 43.0 Å². The molecule has 30 heavy (non-hydrogen) atoms. The van der Waals surface area contributed by atoms with E-state index in [1.807, 2.05) is 30.3 Å². The second-order valence-electron chi connectivity index (χ2n) is 7.95. The van der Waals surface area contributed by atoms with Crippen molar-refractivity contribution in [2.45, 2.75) is 51.3 Å². The second-order valence-corrected chi connectivity index (χ2v) is 7.95. The van der Waals surface area contributed by atoms with Gasteiger partial charge in [0.1, 0.15) is 23.3 Å². The van der Waals surface area contributed by atoms with Crippen molar-refractivity contribution >= 4 is 5.97 Å². The van der Waals surface area contributed by atoms with Crippen LogP contribution in [0, 0.1) is 5.82 Å². The Balaban J connectivity index is 1.49. The Morgan fingerprint density at radius 3 is 2.53 bits per heavy atom. The van der Waals surface area contributed by atoms with E-state index in [4.69, 9.17) is 18.9 Å². The number of hydrogen-bond donors (Lipinski definition) is 0. The van der Waals surface area contributed by atoms with Gasteiger partial charge in [-0.25, -0.2) is 9.18 Å². The highest BCUT2D eigenvalue weighted by Crippen LogP contribution is 2.43. The Hall–Kier alpha value is -2.70. The molecule has 5 nitrogen and oxygen atoms in total. The van der Waals surface area contributed by atoms with Crippen molar-refractivity contribution < 1.29 is 28.1 Å². The zero-order chi connectivity index (χ0) is 21.1. The molecule has 0 saturated heterocycles. The lowest BCUT2D eigenvalue weighted by Crippen LogP contribution is -2.42. The summed E-state index contributed by atoms with van der Waals surface area (Å²) in [5.41, 5.74) is 2.14. The molecule has 2 aliphatic rings. The maximum atomic E-state index is 13.4. The van der Waals surface area contributed by atoms with E-state index in [9.17, 15) is 9.18 Å². The number of halogens is 1. The fourth-order valence-corrected chi connectivity index (χ4v) is 3.72. The topological polar surface area (TPSA) is 54.0 Å². The van der Waals surface area contributed by atoms with Crippen molar-refractivity contribution in [2.24, 2.45) is 0 Å². The molecule has 2 aromatic rings. The van der Waals surface area contributed by atoms with Crippen molar-refractivity contribution in [3.63, 3.8) is 0 Å². The van der Waals surface area contributed by atoms with Gasteiger partial charge in [0, 0.05) is 26.9 Å². The standard InChI is InChI=1S/C24H25FO5/c1-24(2)29-20-14-19(12-13-27-15-16-6-4-3-5-7-16)28-22(21(20)23(26)30-24)17-8-10-18(25)11-9-17/h3-11,19,22H,12-15H2,1-2H3/t19-,22+/m1/s1. The number of esters is 1. The fraction of sp³-hybridized carbons (Fsp3) is 0.375. The van der Waals surface area contributed by atoms with E-state index in [2.05, 4.69) is 0 Å². The highest BCUT2D eigenvalue weighted by Gasteiger charge is 2.44. The van der Waals surface area contributed by atoms with Crippen LogP contribution in [-0.4, -0.2) is 24.5 Å². The van der Waals surface area contributed by atoms with Gasteiger partial charge < -0.3 is 18.9 Å². The number of rotatable bonds is 6. The van der Waals surface area contributed by atoms with Crippen LogP contribution in [0.25, 0.3) is 0 Å². The third kappa shape index (κ3) is 4.71. The van der Waals surface area contributed by atoms with Gasteiger partial charge in [-0.05, 0) is 29.7 Å². The van der Waals surface area contributed by atoms with Crippen LogP contribution in [0.3, 0.4) is 0 Å². The molecule has 0 aromatic heterocycles. The van der Waals surface area contributed by atoms with Gasteiger partial charge >= 0.3 is 5.97 Å². The average Bonchev–Trinajstić information content (AvgIpc) is 2.71. The minimum Gasteiger partial charge on any atom is -0.456 e. The minimum absolute atomic E-state index is 0.198. The molecule has 2 atom stereocenters. The molecule has 4 rings (SSSR count). The molecule has 0 fully saturated rings. The number of benzene rings is 2. The zero-order valence-corrected chi connectivity index (χ0v) is 17.1. The van der Waals surface area contributed by atoms with Crippen LogP contribution in [0.1, 0.15) is 43.9 Å². The first-order chi connectivity index (χ1) is 14.4. The lowest BCUT2D eigenvalue weighted by Gasteiger charge is -2.40. The maximum absolute atomic E-state index is 13.4. The van der Waals surface area contributed by atoms with E-state index in [-0.39, 0.29) is 11.9 Å². The van der Waals surface area contributed by atoms with Gasteiger partial charge in [0.05, 0.1) is 12.7 Å². The van der Waals surface area contributed by atoms with Gasteiger partial charge in [0.2, 0.25) is 5.79 Å². The van der Waals surface area contributed by atoms with Gasteiger partial charge in [-0.2, -0.15) is 0 Å². The number of carbonyl (C=O) groups excluding carboxylic acids is 1. The molecule has 2 aromatic carbocycles. The summed E-state index contributed by atoms with van der Waals surface area (Å²) in [4.78, 5) is 12.7. The van der Waals surface area contributed by atoms with Crippen molar-refractivity contribution in [3.8, 4) is 0 Å². The van der Waals surface area contributed by atoms with Gasteiger partial charge in [-0.1, -0.05) is 42.5 Å². The van der Waals surface area contributed by atoms with E-state index in [1.54, 1.807) is 26.0 Å². The average molecular weight is 412 g/mol. The molecule has 0 radical (unpaired) electrons. The van der Waals surface area contributed by atoms with Crippen molar-refractivity contribution in [2.75, 3.05) is 6.61 Å². The first kappa shape index (κ1) is 20.6. The highest BCUT2D eigenvalue weighted by atomic mass is 19.1. The van der Waals surface area contributed by atoms with Crippen LogP contribution in [0.5, 0.6) is 0 Å². The maximum Gasteiger partial charge on any atom is 0.343 e. The molecule has 158 valence electrons. The Kier molecular flexibility index (Phi) is 5.88. The molecule has 0 amide bonds. The molecule has 0 bridgehead atoms. The highest BCUT2D eigenvalue weighted by molar-refractivity contribution is 5.91. The number of cyclic esters (lactones) is 1. The monoisotopic (exact) mass is 412 g/mol. The van der Waals surface area contributed by atoms with E-state index < -0.39 is 17.9 Å². The van der Waals surface area contributed by atoms with Crippen LogP contribution >= 0.6 is 0 Å². The van der Waals surface area contributed by atoms with Crippen molar-refractivity contribution in [3.05, 3.63) is 82.9 Å². The third-order valence-electron chi connectivity index (χ3n) is 5.10. The van der Waals surface area contributed by atoms with E-state index in [1.165, 1.54) is 12.1 Å². The lowest BCUT2D eigenvalue weighted by atomic mass is 9.93. The first-order valence-electron chi connectivity index (χ1n) is 10.1. The molecule has 2 heterocycles. The smallest absolute Gasteiger partial charge is 0.343 e. The minimum atomic E-state index is -1.03. The first-order valence-corrected chi connectivity index (χ1v) is 10.1. The Morgan fingerprint density at radius 2 is 1.80 bits per heavy atom. The number of carbonyl (C=O) groups is 1. The number of ether oxygens (including phenoxy) is 4. The Labute approximate surface area is 175 Å². The van der Waals surface area contributed by atoms with E-state index in [0.717, 1.165) is 5.56 Å². The van der Waals surface area contributed by atoms with Crippen LogP contribution in [0.15, 0.2) is 65.9 Å².